The second kappa shape index (κ2) is 8.93. The molecule has 0 saturated carbocycles. The first-order chi connectivity index (χ1) is 14.1. The molecule has 0 aliphatic carbocycles. The number of rotatable bonds is 3. The third kappa shape index (κ3) is 5.72. The molecule has 2 amide bonds. The van der Waals surface area contributed by atoms with Gasteiger partial charge in [0.25, 0.3) is 0 Å². The van der Waals surface area contributed by atoms with E-state index in [-0.39, 0.29) is 23.5 Å². The summed E-state index contributed by atoms with van der Waals surface area (Å²) >= 11 is 0. The van der Waals surface area contributed by atoms with E-state index in [1.165, 1.54) is 0 Å². The Bertz CT molecular complexity index is 844. The summed E-state index contributed by atoms with van der Waals surface area (Å²) < 4.78 is 29.1. The Morgan fingerprint density at radius 3 is 1.97 bits per heavy atom. The van der Waals surface area contributed by atoms with Crippen molar-refractivity contribution in [3.63, 3.8) is 0 Å². The number of sulfone groups is 1. The van der Waals surface area contributed by atoms with Gasteiger partial charge in [-0.05, 0) is 26.3 Å². The van der Waals surface area contributed by atoms with Crippen molar-refractivity contribution in [1.29, 1.82) is 0 Å². The largest absolute Gasteiger partial charge is 0.444 e. The van der Waals surface area contributed by atoms with E-state index >= 15 is 0 Å². The third-order valence-electron chi connectivity index (χ3n) is 5.34. The van der Waals surface area contributed by atoms with Crippen molar-refractivity contribution in [2.45, 2.75) is 32.4 Å². The number of nitrogens with zero attached hydrogens (tertiary/aromatic N) is 3. The first kappa shape index (κ1) is 22.6. The van der Waals surface area contributed by atoms with Crippen molar-refractivity contribution in [1.82, 2.24) is 14.7 Å². The highest BCUT2D eigenvalue weighted by Gasteiger charge is 2.36. The molecular weight excluding hydrogens is 406 g/mol. The molecule has 2 aliphatic heterocycles. The molecule has 2 heterocycles. The second-order valence-electron chi connectivity index (χ2n) is 8.79. The van der Waals surface area contributed by atoms with Gasteiger partial charge in [0.2, 0.25) is 5.91 Å². The number of hydrogen-bond donors (Lipinski definition) is 0. The quantitative estimate of drug-likeness (QED) is 0.713. The maximum absolute atomic E-state index is 13.5. The zero-order valence-electron chi connectivity index (χ0n) is 17.9. The lowest BCUT2D eigenvalue weighted by Gasteiger charge is -2.40. The highest BCUT2D eigenvalue weighted by molar-refractivity contribution is 7.91. The van der Waals surface area contributed by atoms with Crippen molar-refractivity contribution in [2.24, 2.45) is 0 Å². The lowest BCUT2D eigenvalue weighted by molar-refractivity contribution is -0.139. The Balaban J connectivity index is 1.69. The number of amides is 2. The minimum Gasteiger partial charge on any atom is -0.444 e. The van der Waals surface area contributed by atoms with Crippen molar-refractivity contribution in [2.75, 3.05) is 50.8 Å². The van der Waals surface area contributed by atoms with E-state index in [2.05, 4.69) is 0 Å². The Morgan fingerprint density at radius 2 is 1.43 bits per heavy atom. The van der Waals surface area contributed by atoms with E-state index in [4.69, 9.17) is 4.74 Å². The molecule has 1 unspecified atom stereocenters. The third-order valence-corrected chi connectivity index (χ3v) is 6.95. The highest BCUT2D eigenvalue weighted by Crippen LogP contribution is 2.26. The van der Waals surface area contributed by atoms with Crippen molar-refractivity contribution >= 4 is 21.8 Å². The summed E-state index contributed by atoms with van der Waals surface area (Å²) in [6.07, 6.45) is -0.365. The summed E-state index contributed by atoms with van der Waals surface area (Å²) in [5.41, 5.74) is 0.299. The smallest absolute Gasteiger partial charge is 0.410 e. The predicted molar refractivity (Wildman–Crippen MR) is 114 cm³/mol. The first-order valence-electron chi connectivity index (χ1n) is 10.3. The van der Waals surface area contributed by atoms with E-state index in [0.29, 0.717) is 39.3 Å². The molecule has 1 aromatic rings. The average molecular weight is 438 g/mol. The Kier molecular flexibility index (Phi) is 6.71. The monoisotopic (exact) mass is 437 g/mol. The summed E-state index contributed by atoms with van der Waals surface area (Å²) in [7, 11) is -3.04. The molecule has 0 bridgehead atoms. The highest BCUT2D eigenvalue weighted by atomic mass is 32.2. The van der Waals surface area contributed by atoms with Gasteiger partial charge < -0.3 is 14.5 Å². The fourth-order valence-corrected chi connectivity index (χ4v) is 4.97. The lowest BCUT2D eigenvalue weighted by atomic mass is 10.0. The SMILES string of the molecule is CC(C)(C)OC(=O)N1CCN(C(=O)C(c2ccccc2)N2CCS(=O)(=O)CC2)CC1. The topological polar surface area (TPSA) is 87.2 Å². The van der Waals surface area contributed by atoms with E-state index < -0.39 is 21.5 Å². The molecule has 2 saturated heterocycles. The van der Waals surface area contributed by atoms with Gasteiger partial charge in [0.1, 0.15) is 11.6 Å². The molecule has 0 spiro atoms. The van der Waals surface area contributed by atoms with Gasteiger partial charge in [-0.25, -0.2) is 13.2 Å². The Labute approximate surface area is 178 Å². The molecule has 0 radical (unpaired) electrons. The van der Waals surface area contributed by atoms with Gasteiger partial charge in [0.05, 0.1) is 11.5 Å². The van der Waals surface area contributed by atoms with Gasteiger partial charge in [0.15, 0.2) is 9.84 Å². The van der Waals surface area contributed by atoms with Crippen LogP contribution in [0.15, 0.2) is 30.3 Å². The summed E-state index contributed by atoms with van der Waals surface area (Å²) in [6.45, 7) is 7.83. The van der Waals surface area contributed by atoms with Gasteiger partial charge in [-0.15, -0.1) is 0 Å². The fourth-order valence-electron chi connectivity index (χ4n) is 3.74. The number of benzene rings is 1. The number of piperazine rings is 1. The van der Waals surface area contributed by atoms with E-state index in [0.717, 1.165) is 5.56 Å². The van der Waals surface area contributed by atoms with Crippen LogP contribution in [0.4, 0.5) is 4.79 Å². The van der Waals surface area contributed by atoms with Gasteiger partial charge in [0, 0.05) is 39.3 Å². The molecular formula is C21H31N3O5S. The van der Waals surface area contributed by atoms with Crippen LogP contribution in [0, 0.1) is 0 Å². The molecule has 30 heavy (non-hydrogen) atoms. The van der Waals surface area contributed by atoms with Crippen molar-refractivity contribution in [3.8, 4) is 0 Å². The predicted octanol–water partition coefficient (Wildman–Crippen LogP) is 1.54. The first-order valence-corrected chi connectivity index (χ1v) is 12.1. The second-order valence-corrected chi connectivity index (χ2v) is 11.1. The van der Waals surface area contributed by atoms with E-state index in [1.54, 1.807) is 9.80 Å². The molecule has 9 heteroatoms. The standard InChI is InChI=1S/C21H31N3O5S/c1-21(2,3)29-20(26)24-11-9-23(10-12-24)19(25)18(17-7-5-4-6-8-17)22-13-15-30(27,28)16-14-22/h4-8,18H,9-16H2,1-3H3. The van der Waals surface area contributed by atoms with Crippen LogP contribution in [0.5, 0.6) is 0 Å². The molecule has 3 rings (SSSR count). The van der Waals surface area contributed by atoms with E-state index in [9.17, 15) is 18.0 Å². The van der Waals surface area contributed by atoms with Crippen LogP contribution in [0.2, 0.25) is 0 Å². The number of carbonyl (C=O) groups excluding carboxylic acids is 2. The minimum atomic E-state index is -3.04. The Hall–Kier alpha value is -2.13. The van der Waals surface area contributed by atoms with Crippen molar-refractivity contribution < 1.29 is 22.7 Å². The molecule has 1 aromatic carbocycles. The summed E-state index contributed by atoms with van der Waals surface area (Å²) in [4.78, 5) is 31.1. The zero-order valence-corrected chi connectivity index (χ0v) is 18.7. The van der Waals surface area contributed by atoms with E-state index in [1.807, 2.05) is 56.0 Å². The maximum Gasteiger partial charge on any atom is 0.410 e. The van der Waals surface area contributed by atoms with Crippen molar-refractivity contribution in [3.05, 3.63) is 35.9 Å². The molecule has 166 valence electrons. The number of ether oxygens (including phenoxy) is 1. The average Bonchev–Trinajstić information content (AvgIpc) is 2.69. The van der Waals surface area contributed by atoms with Crippen LogP contribution in [0.1, 0.15) is 32.4 Å². The summed E-state index contributed by atoms with van der Waals surface area (Å²) in [5, 5.41) is 0. The maximum atomic E-state index is 13.5. The molecule has 8 nitrogen and oxygen atoms in total. The summed E-state index contributed by atoms with van der Waals surface area (Å²) in [5.74, 6) is 0.0795. The van der Waals surface area contributed by atoms with Gasteiger partial charge in [-0.3, -0.25) is 9.69 Å². The number of hydrogen-bond acceptors (Lipinski definition) is 6. The van der Waals surface area contributed by atoms with Crippen LogP contribution in [-0.4, -0.2) is 91.5 Å². The minimum absolute atomic E-state index is 0.0515. The fraction of sp³-hybridized carbons (Fsp3) is 0.619. The van der Waals surface area contributed by atoms with Gasteiger partial charge in [-0.1, -0.05) is 30.3 Å². The lowest BCUT2D eigenvalue weighted by Crippen LogP contribution is -2.55. The van der Waals surface area contributed by atoms with Gasteiger partial charge >= 0.3 is 6.09 Å². The molecule has 0 N–H and O–H groups in total. The number of carbonyl (C=O) groups is 2. The van der Waals surface area contributed by atoms with Gasteiger partial charge in [-0.2, -0.15) is 0 Å². The molecule has 2 aliphatic rings. The molecule has 0 aromatic heterocycles. The van der Waals surface area contributed by atoms with Crippen LogP contribution in [-0.2, 0) is 19.4 Å². The van der Waals surface area contributed by atoms with Crippen LogP contribution in [0.3, 0.4) is 0 Å². The molecule has 1 atom stereocenters. The van der Waals surface area contributed by atoms with Crippen LogP contribution >= 0.6 is 0 Å². The molecule has 2 fully saturated rings. The Morgan fingerprint density at radius 1 is 0.900 bits per heavy atom. The van der Waals surface area contributed by atoms with Crippen LogP contribution < -0.4 is 0 Å². The summed E-state index contributed by atoms with van der Waals surface area (Å²) in [6, 6.07) is 8.96. The normalized spacial score (nSPS) is 21.2. The zero-order chi connectivity index (χ0) is 21.9. The van der Waals surface area contributed by atoms with Crippen LogP contribution in [0.25, 0.3) is 0 Å².